The van der Waals surface area contributed by atoms with Crippen molar-refractivity contribution in [3.63, 3.8) is 0 Å². The zero-order valence-electron chi connectivity index (χ0n) is 11.5. The fourth-order valence-corrected chi connectivity index (χ4v) is 3.71. The molecule has 20 heavy (non-hydrogen) atoms. The third kappa shape index (κ3) is 3.06. The van der Waals surface area contributed by atoms with E-state index in [4.69, 9.17) is 5.73 Å². The Morgan fingerprint density at radius 1 is 1.45 bits per heavy atom. The molecule has 6 heteroatoms. The predicted octanol–water partition coefficient (Wildman–Crippen LogP) is 1.94. The van der Waals surface area contributed by atoms with Gasteiger partial charge in [-0.1, -0.05) is 17.4 Å². The summed E-state index contributed by atoms with van der Waals surface area (Å²) in [5, 5.41) is 0. The van der Waals surface area contributed by atoms with Crippen molar-refractivity contribution in [2.24, 2.45) is 12.8 Å². The molecule has 1 aliphatic rings. The molecule has 1 aliphatic heterocycles. The van der Waals surface area contributed by atoms with Gasteiger partial charge in [-0.15, -0.1) is 12.4 Å². The molecule has 0 saturated carbocycles. The number of hydrogen-bond donors (Lipinski definition) is 1. The largest absolute Gasteiger partial charge is 0.327 e. The Bertz CT molecular complexity index is 651. The highest BCUT2D eigenvalue weighted by Gasteiger charge is 2.16. The normalized spacial score (nSPS) is 20.0. The highest BCUT2D eigenvalue weighted by Crippen LogP contribution is 2.20. The van der Waals surface area contributed by atoms with Gasteiger partial charge in [-0.05, 0) is 37.1 Å². The van der Waals surface area contributed by atoms with Gasteiger partial charge in [0, 0.05) is 26.2 Å². The molecule has 0 radical (unpaired) electrons. The number of aromatic nitrogens is 1. The summed E-state index contributed by atoms with van der Waals surface area (Å²) in [6.07, 6.45) is 2.32. The topological polar surface area (TPSA) is 51.3 Å². The molecule has 2 N–H and O–H groups in total. The van der Waals surface area contributed by atoms with Crippen LogP contribution in [0, 0.1) is 0 Å². The third-order valence-electron chi connectivity index (χ3n) is 3.80. The minimum absolute atomic E-state index is 0. The predicted molar refractivity (Wildman–Crippen MR) is 86.8 cm³/mol. The Balaban J connectivity index is 0.00000147. The molecule has 2 aromatic rings. The maximum absolute atomic E-state index is 11.6. The number of nitrogens with zero attached hydrogens (tertiary/aromatic N) is 2. The molecule has 1 saturated heterocycles. The number of benzene rings is 1. The molecule has 0 bridgehead atoms. The number of nitrogens with two attached hydrogens (primary N) is 1. The van der Waals surface area contributed by atoms with Crippen molar-refractivity contribution in [3.8, 4) is 0 Å². The minimum Gasteiger partial charge on any atom is -0.327 e. The standard InChI is InChI=1S/C14H19N3OS.ClH/c1-16-12-5-4-10(7-13(12)19-14(16)18)8-17-6-2-3-11(15)9-17;/h4-5,7,11H,2-3,6,8-9,15H2,1H3;1H/t11-;/m1./s1. The van der Waals surface area contributed by atoms with Crippen molar-refractivity contribution >= 4 is 34.0 Å². The number of thiazole rings is 1. The Labute approximate surface area is 128 Å². The molecule has 1 aromatic heterocycles. The zero-order chi connectivity index (χ0) is 13.4. The van der Waals surface area contributed by atoms with Crippen molar-refractivity contribution < 1.29 is 0 Å². The smallest absolute Gasteiger partial charge is 0.307 e. The average Bonchev–Trinajstić information content (AvgIpc) is 2.65. The van der Waals surface area contributed by atoms with Gasteiger partial charge in [0.2, 0.25) is 0 Å². The van der Waals surface area contributed by atoms with Gasteiger partial charge < -0.3 is 10.3 Å². The first-order valence-corrected chi connectivity index (χ1v) is 7.51. The molecule has 4 nitrogen and oxygen atoms in total. The van der Waals surface area contributed by atoms with Crippen LogP contribution in [0.25, 0.3) is 10.2 Å². The average molecular weight is 314 g/mol. The summed E-state index contributed by atoms with van der Waals surface area (Å²) in [4.78, 5) is 14.1. The second kappa shape index (κ2) is 6.26. The summed E-state index contributed by atoms with van der Waals surface area (Å²) < 4.78 is 2.78. The van der Waals surface area contributed by atoms with Gasteiger partial charge in [-0.25, -0.2) is 0 Å². The molecule has 3 rings (SSSR count). The van der Waals surface area contributed by atoms with Gasteiger partial charge in [0.25, 0.3) is 0 Å². The number of aryl methyl sites for hydroxylation is 1. The Kier molecular flexibility index (Phi) is 4.86. The van der Waals surface area contributed by atoms with E-state index >= 15 is 0 Å². The van der Waals surface area contributed by atoms with Crippen molar-refractivity contribution in [2.75, 3.05) is 13.1 Å². The molecule has 1 atom stereocenters. The second-order valence-corrected chi connectivity index (χ2v) is 6.36. The lowest BCUT2D eigenvalue weighted by Gasteiger charge is -2.30. The Morgan fingerprint density at radius 3 is 3.00 bits per heavy atom. The summed E-state index contributed by atoms with van der Waals surface area (Å²) in [6, 6.07) is 6.62. The van der Waals surface area contributed by atoms with E-state index in [-0.39, 0.29) is 17.3 Å². The van der Waals surface area contributed by atoms with E-state index in [0.717, 1.165) is 36.3 Å². The maximum Gasteiger partial charge on any atom is 0.307 e. The molecule has 1 aromatic carbocycles. The van der Waals surface area contributed by atoms with E-state index in [2.05, 4.69) is 17.0 Å². The van der Waals surface area contributed by atoms with Crippen LogP contribution in [0.4, 0.5) is 0 Å². The van der Waals surface area contributed by atoms with Crippen LogP contribution in [-0.4, -0.2) is 28.6 Å². The van der Waals surface area contributed by atoms with Gasteiger partial charge in [-0.3, -0.25) is 9.69 Å². The first-order valence-electron chi connectivity index (χ1n) is 6.70. The van der Waals surface area contributed by atoms with E-state index in [1.165, 1.54) is 23.3 Å². The molecule has 0 amide bonds. The fourth-order valence-electron chi connectivity index (χ4n) is 2.77. The number of halogens is 1. The Hall–Kier alpha value is -0.880. The zero-order valence-corrected chi connectivity index (χ0v) is 13.2. The molecule has 0 unspecified atom stereocenters. The van der Waals surface area contributed by atoms with Crippen LogP contribution in [0.1, 0.15) is 18.4 Å². The molecule has 110 valence electrons. The molecular formula is C14H20ClN3OS. The van der Waals surface area contributed by atoms with Gasteiger partial charge in [0.1, 0.15) is 0 Å². The first kappa shape index (κ1) is 15.5. The van der Waals surface area contributed by atoms with E-state index in [1.807, 2.05) is 13.1 Å². The summed E-state index contributed by atoms with van der Waals surface area (Å²) in [5.41, 5.74) is 8.30. The van der Waals surface area contributed by atoms with Gasteiger partial charge in [0.05, 0.1) is 10.2 Å². The summed E-state index contributed by atoms with van der Waals surface area (Å²) in [7, 11) is 1.82. The van der Waals surface area contributed by atoms with Crippen molar-refractivity contribution in [1.82, 2.24) is 9.47 Å². The van der Waals surface area contributed by atoms with Crippen LogP contribution >= 0.6 is 23.7 Å². The van der Waals surface area contributed by atoms with Gasteiger partial charge in [-0.2, -0.15) is 0 Å². The first-order chi connectivity index (χ1) is 9.13. The number of rotatable bonds is 2. The maximum atomic E-state index is 11.6. The van der Waals surface area contributed by atoms with Crippen LogP contribution < -0.4 is 10.6 Å². The van der Waals surface area contributed by atoms with Crippen LogP contribution in [0.2, 0.25) is 0 Å². The quantitative estimate of drug-likeness (QED) is 0.922. The molecule has 0 spiro atoms. The Morgan fingerprint density at radius 2 is 2.25 bits per heavy atom. The molecule has 2 heterocycles. The van der Waals surface area contributed by atoms with Gasteiger partial charge >= 0.3 is 4.87 Å². The van der Waals surface area contributed by atoms with Crippen molar-refractivity contribution in [3.05, 3.63) is 33.4 Å². The van der Waals surface area contributed by atoms with E-state index in [0.29, 0.717) is 6.04 Å². The number of fused-ring (bicyclic) bond motifs is 1. The molecule has 0 aliphatic carbocycles. The highest BCUT2D eigenvalue weighted by atomic mass is 35.5. The summed E-state index contributed by atoms with van der Waals surface area (Å²) >= 11 is 1.32. The minimum atomic E-state index is 0. The van der Waals surface area contributed by atoms with Crippen LogP contribution in [-0.2, 0) is 13.6 Å². The number of likely N-dealkylation sites (tertiary alicyclic amines) is 1. The van der Waals surface area contributed by atoms with E-state index in [9.17, 15) is 4.79 Å². The van der Waals surface area contributed by atoms with Crippen LogP contribution in [0.5, 0.6) is 0 Å². The second-order valence-electron chi connectivity index (χ2n) is 5.37. The van der Waals surface area contributed by atoms with Crippen LogP contribution in [0.3, 0.4) is 0 Å². The molecular weight excluding hydrogens is 294 g/mol. The monoisotopic (exact) mass is 313 g/mol. The lowest BCUT2D eigenvalue weighted by molar-refractivity contribution is 0.201. The van der Waals surface area contributed by atoms with Crippen molar-refractivity contribution in [1.29, 1.82) is 0 Å². The highest BCUT2D eigenvalue weighted by molar-refractivity contribution is 7.16. The number of piperidine rings is 1. The number of hydrogen-bond acceptors (Lipinski definition) is 4. The van der Waals surface area contributed by atoms with Gasteiger partial charge in [0.15, 0.2) is 0 Å². The molecule has 1 fully saturated rings. The SMILES string of the molecule is Cl.Cn1c(=O)sc2cc(CN3CCC[C@@H](N)C3)ccc21. The van der Waals surface area contributed by atoms with E-state index in [1.54, 1.807) is 4.57 Å². The van der Waals surface area contributed by atoms with E-state index < -0.39 is 0 Å². The lowest BCUT2D eigenvalue weighted by atomic mass is 10.1. The summed E-state index contributed by atoms with van der Waals surface area (Å²) in [6.45, 7) is 3.03. The fraction of sp³-hybridized carbons (Fsp3) is 0.500. The van der Waals surface area contributed by atoms with Crippen molar-refractivity contribution in [2.45, 2.75) is 25.4 Å². The third-order valence-corrected chi connectivity index (χ3v) is 4.80. The summed E-state index contributed by atoms with van der Waals surface area (Å²) in [5.74, 6) is 0. The van der Waals surface area contributed by atoms with Crippen LogP contribution in [0.15, 0.2) is 23.0 Å². The lowest BCUT2D eigenvalue weighted by Crippen LogP contribution is -2.42.